The normalized spacial score (nSPS) is 19.7. The summed E-state index contributed by atoms with van der Waals surface area (Å²) in [5.41, 5.74) is 0.542. The second-order valence-corrected chi connectivity index (χ2v) is 5.17. The number of hydrogen-bond donors (Lipinski definition) is 4. The molecule has 1 aromatic rings. The van der Waals surface area contributed by atoms with Gasteiger partial charge in [-0.15, -0.1) is 0 Å². The van der Waals surface area contributed by atoms with Gasteiger partial charge in [-0.1, -0.05) is 6.92 Å². The number of hydrogen-bond acceptors (Lipinski definition) is 4. The second kappa shape index (κ2) is 6.87. The number of rotatable bonds is 7. The van der Waals surface area contributed by atoms with Crippen LogP contribution in [0.3, 0.4) is 0 Å². The van der Waals surface area contributed by atoms with Gasteiger partial charge in [-0.3, -0.25) is 19.5 Å². The van der Waals surface area contributed by atoms with Gasteiger partial charge in [0.15, 0.2) is 0 Å². The van der Waals surface area contributed by atoms with Gasteiger partial charge in [0.05, 0.1) is 18.4 Å². The van der Waals surface area contributed by atoms with Crippen molar-refractivity contribution >= 4 is 23.4 Å². The summed E-state index contributed by atoms with van der Waals surface area (Å²) in [6.45, 7) is 2.20. The van der Waals surface area contributed by atoms with Crippen LogP contribution in [0.1, 0.15) is 19.8 Å². The first-order valence-corrected chi connectivity index (χ1v) is 6.89. The van der Waals surface area contributed by atoms with Crippen LogP contribution in [-0.2, 0) is 14.4 Å². The lowest BCUT2D eigenvalue weighted by Crippen LogP contribution is -2.35. The van der Waals surface area contributed by atoms with Gasteiger partial charge in [-0.05, 0) is 12.3 Å². The zero-order valence-electron chi connectivity index (χ0n) is 11.8. The quantitative estimate of drug-likeness (QED) is 0.548. The van der Waals surface area contributed by atoms with Crippen LogP contribution >= 0.6 is 0 Å². The van der Waals surface area contributed by atoms with Crippen molar-refractivity contribution in [1.82, 2.24) is 20.8 Å². The van der Waals surface area contributed by atoms with Crippen molar-refractivity contribution < 1.29 is 14.4 Å². The van der Waals surface area contributed by atoms with Crippen LogP contribution in [0.15, 0.2) is 12.4 Å². The van der Waals surface area contributed by atoms with E-state index in [1.807, 2.05) is 6.92 Å². The number of H-pyrrole nitrogens is 1. The number of carbonyl (C=O) groups excluding carboxylic acids is 3. The van der Waals surface area contributed by atoms with E-state index >= 15 is 0 Å². The number of aromatic amines is 1. The Balaban J connectivity index is 1.55. The first kappa shape index (κ1) is 15.0. The lowest BCUT2D eigenvalue weighted by Gasteiger charge is -2.06. The summed E-state index contributed by atoms with van der Waals surface area (Å²) in [6, 6.07) is 0. The molecule has 0 spiro atoms. The van der Waals surface area contributed by atoms with Gasteiger partial charge in [0.1, 0.15) is 0 Å². The monoisotopic (exact) mass is 293 g/mol. The van der Waals surface area contributed by atoms with Crippen molar-refractivity contribution in [2.45, 2.75) is 19.8 Å². The van der Waals surface area contributed by atoms with Gasteiger partial charge in [0, 0.05) is 25.1 Å². The second-order valence-electron chi connectivity index (χ2n) is 5.17. The lowest BCUT2D eigenvalue weighted by atomic mass is 10.3. The molecule has 1 aliphatic carbocycles. The molecule has 4 N–H and O–H groups in total. The maximum Gasteiger partial charge on any atom is 0.243 e. The van der Waals surface area contributed by atoms with Crippen molar-refractivity contribution in [2.75, 3.05) is 18.4 Å². The van der Waals surface area contributed by atoms with E-state index < -0.39 is 0 Å². The van der Waals surface area contributed by atoms with Crippen molar-refractivity contribution in [3.05, 3.63) is 12.4 Å². The zero-order valence-corrected chi connectivity index (χ0v) is 11.8. The first-order valence-electron chi connectivity index (χ1n) is 6.89. The highest BCUT2D eigenvalue weighted by Gasteiger charge is 2.38. The average Bonchev–Trinajstić information content (AvgIpc) is 2.96. The molecule has 1 aromatic heterocycles. The fourth-order valence-electron chi connectivity index (χ4n) is 1.91. The van der Waals surface area contributed by atoms with Gasteiger partial charge in [-0.2, -0.15) is 5.10 Å². The van der Waals surface area contributed by atoms with Crippen molar-refractivity contribution in [3.8, 4) is 0 Å². The Hall–Kier alpha value is -2.38. The Labute approximate surface area is 122 Å². The van der Waals surface area contributed by atoms with Crippen LogP contribution in [-0.4, -0.2) is 41.0 Å². The van der Waals surface area contributed by atoms with Gasteiger partial charge in [0.2, 0.25) is 17.7 Å². The Kier molecular flexibility index (Phi) is 4.91. The van der Waals surface area contributed by atoms with E-state index in [-0.39, 0.29) is 43.1 Å². The minimum atomic E-state index is -0.333. The van der Waals surface area contributed by atoms with Crippen molar-refractivity contribution in [1.29, 1.82) is 0 Å². The third-order valence-corrected chi connectivity index (χ3v) is 3.33. The summed E-state index contributed by atoms with van der Waals surface area (Å²) >= 11 is 0. The molecule has 2 rings (SSSR count). The summed E-state index contributed by atoms with van der Waals surface area (Å²) in [5.74, 6) is -0.0469. The topological polar surface area (TPSA) is 116 Å². The molecule has 2 atom stereocenters. The molecule has 8 heteroatoms. The Bertz CT molecular complexity index is 514. The van der Waals surface area contributed by atoms with Gasteiger partial charge in [-0.25, -0.2) is 0 Å². The zero-order chi connectivity index (χ0) is 15.2. The summed E-state index contributed by atoms with van der Waals surface area (Å²) in [4.78, 5) is 34.5. The van der Waals surface area contributed by atoms with Crippen LogP contribution in [0, 0.1) is 11.8 Å². The number of nitrogens with zero attached hydrogens (tertiary/aromatic N) is 1. The van der Waals surface area contributed by atoms with Crippen LogP contribution in [0.2, 0.25) is 0 Å². The Morgan fingerprint density at radius 2 is 2.10 bits per heavy atom. The van der Waals surface area contributed by atoms with E-state index in [4.69, 9.17) is 0 Å². The molecule has 21 heavy (non-hydrogen) atoms. The van der Waals surface area contributed by atoms with E-state index in [9.17, 15) is 14.4 Å². The standard InChI is InChI=1S/C13H19N5O3/c1-8-4-10(8)13(21)14-3-2-11(19)15-7-12(20)18-9-5-16-17-6-9/h5-6,8,10H,2-4,7H2,1H3,(H,14,21)(H,15,19)(H,16,17)(H,18,20). The largest absolute Gasteiger partial charge is 0.355 e. The highest BCUT2D eigenvalue weighted by molar-refractivity contribution is 5.94. The number of carbonyl (C=O) groups is 3. The Morgan fingerprint density at radius 3 is 2.71 bits per heavy atom. The van der Waals surface area contributed by atoms with Gasteiger partial charge < -0.3 is 16.0 Å². The molecule has 0 bridgehead atoms. The van der Waals surface area contributed by atoms with E-state index in [1.54, 1.807) is 0 Å². The minimum Gasteiger partial charge on any atom is -0.355 e. The summed E-state index contributed by atoms with van der Waals surface area (Å²) < 4.78 is 0. The number of nitrogens with one attached hydrogen (secondary N) is 4. The molecule has 0 saturated heterocycles. The highest BCUT2D eigenvalue weighted by atomic mass is 16.2. The van der Waals surface area contributed by atoms with Crippen LogP contribution < -0.4 is 16.0 Å². The molecular weight excluding hydrogens is 274 g/mol. The molecule has 0 radical (unpaired) electrons. The highest BCUT2D eigenvalue weighted by Crippen LogP contribution is 2.37. The SMILES string of the molecule is CC1CC1C(=O)NCCC(=O)NCC(=O)Nc1cn[nH]c1. The molecule has 1 heterocycles. The number of aromatic nitrogens is 2. The predicted octanol–water partition coefficient (Wildman–Crippen LogP) is -0.373. The third kappa shape index (κ3) is 4.90. The summed E-state index contributed by atoms with van der Waals surface area (Å²) in [7, 11) is 0. The first-order chi connectivity index (χ1) is 10.1. The summed E-state index contributed by atoms with van der Waals surface area (Å²) in [6.07, 6.45) is 4.08. The molecule has 2 unspecified atom stereocenters. The predicted molar refractivity (Wildman–Crippen MR) is 75.1 cm³/mol. The molecule has 114 valence electrons. The molecule has 0 aliphatic heterocycles. The molecule has 1 saturated carbocycles. The van der Waals surface area contributed by atoms with Gasteiger partial charge in [0.25, 0.3) is 0 Å². The smallest absolute Gasteiger partial charge is 0.243 e. The fourth-order valence-corrected chi connectivity index (χ4v) is 1.91. The van der Waals surface area contributed by atoms with E-state index in [0.29, 0.717) is 11.6 Å². The number of anilines is 1. The maximum absolute atomic E-state index is 11.5. The molecule has 8 nitrogen and oxygen atoms in total. The molecule has 1 fully saturated rings. The van der Waals surface area contributed by atoms with Crippen molar-refractivity contribution in [2.24, 2.45) is 11.8 Å². The molecule has 0 aromatic carbocycles. The molecular formula is C13H19N5O3. The number of amides is 3. The van der Waals surface area contributed by atoms with E-state index in [2.05, 4.69) is 26.1 Å². The average molecular weight is 293 g/mol. The van der Waals surface area contributed by atoms with E-state index in [0.717, 1.165) is 6.42 Å². The molecule has 1 aliphatic rings. The van der Waals surface area contributed by atoms with E-state index in [1.165, 1.54) is 12.4 Å². The third-order valence-electron chi connectivity index (χ3n) is 3.33. The lowest BCUT2D eigenvalue weighted by molar-refractivity contribution is -0.125. The summed E-state index contributed by atoms with van der Waals surface area (Å²) in [5, 5.41) is 14.0. The van der Waals surface area contributed by atoms with Gasteiger partial charge >= 0.3 is 0 Å². The van der Waals surface area contributed by atoms with Crippen LogP contribution in [0.4, 0.5) is 5.69 Å². The fraction of sp³-hybridized carbons (Fsp3) is 0.538. The van der Waals surface area contributed by atoms with Crippen molar-refractivity contribution in [3.63, 3.8) is 0 Å². The minimum absolute atomic E-state index is 0.00741. The van der Waals surface area contributed by atoms with Crippen LogP contribution in [0.5, 0.6) is 0 Å². The molecule has 3 amide bonds. The Morgan fingerprint density at radius 1 is 1.33 bits per heavy atom. The van der Waals surface area contributed by atoms with Crippen LogP contribution in [0.25, 0.3) is 0 Å². The maximum atomic E-state index is 11.5.